The van der Waals surface area contributed by atoms with Crippen LogP contribution in [0, 0.1) is 5.41 Å². The molecule has 0 unspecified atom stereocenters. The summed E-state index contributed by atoms with van der Waals surface area (Å²) in [6.45, 7) is 6.12. The van der Waals surface area contributed by atoms with Crippen molar-refractivity contribution in [2.45, 2.75) is 20.8 Å². The minimum absolute atomic E-state index is 0.0782. The summed E-state index contributed by atoms with van der Waals surface area (Å²) in [6.07, 6.45) is 0. The first-order chi connectivity index (χ1) is 6.00. The van der Waals surface area contributed by atoms with Gasteiger partial charge in [0, 0.05) is 5.41 Å². The van der Waals surface area contributed by atoms with Crippen LogP contribution in [0.15, 0.2) is 30.3 Å². The molecule has 1 rings (SSSR count). The number of ether oxygens (including phenoxy) is 1. The van der Waals surface area contributed by atoms with Gasteiger partial charge in [-0.1, -0.05) is 39.0 Å². The van der Waals surface area contributed by atoms with Gasteiger partial charge in [-0.05, 0) is 24.4 Å². The molecule has 0 spiro atoms. The Morgan fingerprint density at radius 2 is 1.69 bits per heavy atom. The largest absolute Gasteiger partial charge is 0.450 e. The van der Waals surface area contributed by atoms with Crippen molar-refractivity contribution in [2.75, 3.05) is 0 Å². The van der Waals surface area contributed by atoms with Gasteiger partial charge in [0.05, 0.1) is 0 Å². The summed E-state index contributed by atoms with van der Waals surface area (Å²) in [7, 11) is 0. The Labute approximate surface area is 84.7 Å². The topological polar surface area (TPSA) is 9.23 Å². The zero-order chi connectivity index (χ0) is 9.90. The van der Waals surface area contributed by atoms with Gasteiger partial charge in [0.25, 0.3) is 0 Å². The highest BCUT2D eigenvalue weighted by atomic mass is 32.1. The van der Waals surface area contributed by atoms with Crippen LogP contribution < -0.4 is 4.74 Å². The van der Waals surface area contributed by atoms with E-state index < -0.39 is 0 Å². The van der Waals surface area contributed by atoms with E-state index in [4.69, 9.17) is 17.0 Å². The highest BCUT2D eigenvalue weighted by Crippen LogP contribution is 2.20. The summed E-state index contributed by atoms with van der Waals surface area (Å²) < 4.78 is 5.51. The lowest BCUT2D eigenvalue weighted by molar-refractivity contribution is 0.450. The second-order valence-electron chi connectivity index (χ2n) is 3.95. The average Bonchev–Trinajstić information content (AvgIpc) is 2.04. The van der Waals surface area contributed by atoms with Crippen LogP contribution in [0.25, 0.3) is 0 Å². The van der Waals surface area contributed by atoms with Crippen molar-refractivity contribution < 1.29 is 4.74 Å². The summed E-state index contributed by atoms with van der Waals surface area (Å²) in [5.41, 5.74) is -0.0782. The molecule has 13 heavy (non-hydrogen) atoms. The van der Waals surface area contributed by atoms with Crippen LogP contribution in [0.3, 0.4) is 0 Å². The standard InChI is InChI=1S/C11H14OS/c1-11(2,3)10(13)12-9-7-5-4-6-8-9/h4-8H,1-3H3. The van der Waals surface area contributed by atoms with Crippen LogP contribution in [0.2, 0.25) is 0 Å². The first-order valence-corrected chi connectivity index (χ1v) is 4.68. The molecule has 0 bridgehead atoms. The molecule has 0 amide bonds. The van der Waals surface area contributed by atoms with Crippen LogP contribution in [-0.4, -0.2) is 5.05 Å². The van der Waals surface area contributed by atoms with Crippen molar-refractivity contribution in [3.8, 4) is 5.75 Å². The highest BCUT2D eigenvalue weighted by Gasteiger charge is 2.18. The number of hydrogen-bond donors (Lipinski definition) is 0. The number of benzene rings is 1. The fourth-order valence-corrected chi connectivity index (χ4v) is 0.845. The molecule has 0 aliphatic carbocycles. The Balaban J connectivity index is 2.66. The lowest BCUT2D eigenvalue weighted by Gasteiger charge is -2.19. The van der Waals surface area contributed by atoms with E-state index in [1.54, 1.807) is 0 Å². The van der Waals surface area contributed by atoms with Gasteiger partial charge in [-0.2, -0.15) is 0 Å². The molecule has 2 heteroatoms. The normalized spacial score (nSPS) is 11.0. The molecular weight excluding hydrogens is 180 g/mol. The fraction of sp³-hybridized carbons (Fsp3) is 0.364. The van der Waals surface area contributed by atoms with E-state index in [1.807, 2.05) is 51.1 Å². The zero-order valence-corrected chi connectivity index (χ0v) is 9.02. The van der Waals surface area contributed by atoms with E-state index in [0.717, 1.165) is 5.75 Å². The highest BCUT2D eigenvalue weighted by molar-refractivity contribution is 7.80. The summed E-state index contributed by atoms with van der Waals surface area (Å²) in [5.74, 6) is 0.808. The summed E-state index contributed by atoms with van der Waals surface area (Å²) in [6, 6.07) is 9.62. The van der Waals surface area contributed by atoms with Crippen LogP contribution >= 0.6 is 12.2 Å². The van der Waals surface area contributed by atoms with Crippen molar-refractivity contribution in [2.24, 2.45) is 5.41 Å². The minimum Gasteiger partial charge on any atom is -0.450 e. The zero-order valence-electron chi connectivity index (χ0n) is 8.20. The third kappa shape index (κ3) is 3.15. The molecule has 0 saturated carbocycles. The maximum Gasteiger partial charge on any atom is 0.172 e. The first kappa shape index (κ1) is 10.2. The predicted octanol–water partition coefficient (Wildman–Crippen LogP) is 3.44. The average molecular weight is 194 g/mol. The molecule has 0 aromatic heterocycles. The summed E-state index contributed by atoms with van der Waals surface area (Å²) in [5, 5.41) is 0.624. The van der Waals surface area contributed by atoms with Gasteiger partial charge in [0.1, 0.15) is 5.75 Å². The molecular formula is C11H14OS. The molecule has 1 aromatic carbocycles. The molecule has 0 heterocycles. The third-order valence-corrected chi connectivity index (χ3v) is 2.26. The van der Waals surface area contributed by atoms with E-state index in [0.29, 0.717) is 5.05 Å². The van der Waals surface area contributed by atoms with Crippen LogP contribution in [0.4, 0.5) is 0 Å². The molecule has 0 fully saturated rings. The van der Waals surface area contributed by atoms with E-state index in [9.17, 15) is 0 Å². The van der Waals surface area contributed by atoms with Crippen LogP contribution in [0.1, 0.15) is 20.8 Å². The lowest BCUT2D eigenvalue weighted by Crippen LogP contribution is -2.23. The van der Waals surface area contributed by atoms with Crippen molar-refractivity contribution >= 4 is 17.3 Å². The van der Waals surface area contributed by atoms with E-state index in [2.05, 4.69) is 0 Å². The fourth-order valence-electron chi connectivity index (χ4n) is 0.749. The smallest absolute Gasteiger partial charge is 0.172 e. The van der Waals surface area contributed by atoms with Crippen molar-refractivity contribution in [3.63, 3.8) is 0 Å². The predicted molar refractivity (Wildman–Crippen MR) is 59.1 cm³/mol. The lowest BCUT2D eigenvalue weighted by atomic mass is 9.98. The Morgan fingerprint density at radius 1 is 1.15 bits per heavy atom. The quantitative estimate of drug-likeness (QED) is 0.633. The van der Waals surface area contributed by atoms with E-state index in [1.165, 1.54) is 0 Å². The summed E-state index contributed by atoms with van der Waals surface area (Å²) >= 11 is 5.15. The van der Waals surface area contributed by atoms with Gasteiger partial charge < -0.3 is 4.74 Å². The maximum absolute atomic E-state index is 5.51. The molecule has 0 saturated heterocycles. The van der Waals surface area contributed by atoms with E-state index in [-0.39, 0.29) is 5.41 Å². The minimum atomic E-state index is -0.0782. The Morgan fingerprint density at radius 3 is 2.15 bits per heavy atom. The SMILES string of the molecule is CC(C)(C)C(=S)Oc1ccccc1. The van der Waals surface area contributed by atoms with Crippen LogP contribution in [0.5, 0.6) is 5.75 Å². The van der Waals surface area contributed by atoms with Crippen molar-refractivity contribution in [1.29, 1.82) is 0 Å². The number of hydrogen-bond acceptors (Lipinski definition) is 2. The van der Waals surface area contributed by atoms with Crippen molar-refractivity contribution in [1.82, 2.24) is 0 Å². The molecule has 0 N–H and O–H groups in total. The number of thiocarbonyl (C=S) groups is 1. The second-order valence-corrected chi connectivity index (χ2v) is 4.32. The summed E-state index contributed by atoms with van der Waals surface area (Å²) in [4.78, 5) is 0. The van der Waals surface area contributed by atoms with Crippen LogP contribution in [-0.2, 0) is 0 Å². The van der Waals surface area contributed by atoms with Gasteiger partial charge in [-0.25, -0.2) is 0 Å². The van der Waals surface area contributed by atoms with Gasteiger partial charge in [0.2, 0.25) is 0 Å². The Bertz CT molecular complexity index is 285. The van der Waals surface area contributed by atoms with Gasteiger partial charge in [0.15, 0.2) is 5.05 Å². The Hall–Kier alpha value is -0.890. The second kappa shape index (κ2) is 3.88. The van der Waals surface area contributed by atoms with Gasteiger partial charge in [-0.3, -0.25) is 0 Å². The number of rotatable bonds is 1. The van der Waals surface area contributed by atoms with E-state index >= 15 is 0 Å². The molecule has 0 radical (unpaired) electrons. The first-order valence-electron chi connectivity index (χ1n) is 4.27. The molecule has 1 aromatic rings. The third-order valence-electron chi connectivity index (χ3n) is 1.57. The van der Waals surface area contributed by atoms with Gasteiger partial charge >= 0.3 is 0 Å². The molecule has 1 nitrogen and oxygen atoms in total. The molecule has 0 atom stereocenters. The maximum atomic E-state index is 5.51. The monoisotopic (exact) mass is 194 g/mol. The number of para-hydroxylation sites is 1. The molecule has 0 aliphatic rings. The molecule has 70 valence electrons. The Kier molecular flexibility index (Phi) is 3.04. The van der Waals surface area contributed by atoms with Gasteiger partial charge in [-0.15, -0.1) is 0 Å². The van der Waals surface area contributed by atoms with Crippen molar-refractivity contribution in [3.05, 3.63) is 30.3 Å². The molecule has 0 aliphatic heterocycles.